The van der Waals surface area contributed by atoms with E-state index < -0.39 is 32.9 Å². The number of pyridine rings is 2. The number of fused-ring (bicyclic) bond motifs is 1. The molecule has 184 valence electrons. The summed E-state index contributed by atoms with van der Waals surface area (Å²) < 4.78 is 23.0. The van der Waals surface area contributed by atoms with Gasteiger partial charge in [-0.25, -0.2) is 14.5 Å². The fourth-order valence-electron chi connectivity index (χ4n) is 3.90. The first kappa shape index (κ1) is 24.0. The predicted octanol–water partition coefficient (Wildman–Crippen LogP) is 1.63. The number of aromatic nitrogens is 5. The molecule has 0 radical (unpaired) electrons. The molecule has 4 aromatic rings. The first-order valence-corrected chi connectivity index (χ1v) is 12.4. The molecule has 3 atom stereocenters. The van der Waals surface area contributed by atoms with Crippen molar-refractivity contribution in [1.82, 2.24) is 24.5 Å². The van der Waals surface area contributed by atoms with Crippen LogP contribution in [0.2, 0.25) is 0 Å². The second-order valence-electron chi connectivity index (χ2n) is 8.02. The van der Waals surface area contributed by atoms with Gasteiger partial charge in [0.1, 0.15) is 30.1 Å². The van der Waals surface area contributed by atoms with Crippen molar-refractivity contribution in [3.63, 3.8) is 0 Å². The summed E-state index contributed by atoms with van der Waals surface area (Å²) in [5, 5.41) is 10.9. The van der Waals surface area contributed by atoms with Crippen LogP contribution in [0.1, 0.15) is 23.8 Å². The number of aliphatic hydroxyl groups excluding tert-OH is 1. The lowest BCUT2D eigenvalue weighted by atomic mass is 10.2. The lowest BCUT2D eigenvalue weighted by molar-refractivity contribution is -0.0422. The van der Waals surface area contributed by atoms with Crippen LogP contribution in [0.15, 0.2) is 55.2 Å². The van der Waals surface area contributed by atoms with E-state index in [1.165, 1.54) is 6.33 Å². The Morgan fingerprint density at radius 3 is 2.69 bits per heavy atom. The molecule has 5 N–H and O–H groups in total. The third kappa shape index (κ3) is 5.12. The van der Waals surface area contributed by atoms with Gasteiger partial charge in [0.25, 0.3) is 0 Å². The van der Waals surface area contributed by atoms with Crippen LogP contribution >= 0.6 is 7.82 Å². The maximum absolute atomic E-state index is 11.0. The van der Waals surface area contributed by atoms with E-state index in [4.69, 9.17) is 20.3 Å². The van der Waals surface area contributed by atoms with Crippen LogP contribution < -0.4 is 5.73 Å². The van der Waals surface area contributed by atoms with Gasteiger partial charge in [0.2, 0.25) is 0 Å². The molecule has 0 saturated carbocycles. The van der Waals surface area contributed by atoms with Gasteiger partial charge in [-0.05, 0) is 24.3 Å². The lowest BCUT2D eigenvalue weighted by Crippen LogP contribution is -2.25. The minimum Gasteiger partial charge on any atom is -0.390 e. The Labute approximate surface area is 205 Å². The van der Waals surface area contributed by atoms with Gasteiger partial charge in [-0.15, -0.1) is 0 Å². The quantitative estimate of drug-likeness (QED) is 0.227. The average Bonchev–Trinajstić information content (AvgIpc) is 3.43. The molecule has 1 aliphatic heterocycles. The van der Waals surface area contributed by atoms with Gasteiger partial charge in [0.15, 0.2) is 0 Å². The third-order valence-electron chi connectivity index (χ3n) is 5.59. The van der Waals surface area contributed by atoms with Crippen molar-refractivity contribution in [3.05, 3.63) is 66.4 Å². The third-order valence-corrected chi connectivity index (χ3v) is 6.08. The highest BCUT2D eigenvalue weighted by atomic mass is 31.2. The van der Waals surface area contributed by atoms with Crippen LogP contribution in [0.4, 0.5) is 5.82 Å². The van der Waals surface area contributed by atoms with Crippen molar-refractivity contribution >= 4 is 24.7 Å². The number of nitrogens with two attached hydrogens (primary N) is 1. The van der Waals surface area contributed by atoms with Gasteiger partial charge in [-0.3, -0.25) is 14.5 Å². The van der Waals surface area contributed by atoms with Crippen LogP contribution in [0.5, 0.6) is 0 Å². The molecular formula is C23H21N6O6P. The standard InChI is InChI=1S/C23H21N6O6P/c24-22-21-15(6-4-14-5-7-17(26-10-14)16-3-1-2-8-25-16)11-29(23(21)28-13-27-22)20-9-18(30)19(35-20)12-34-36(31,32)33/h1-3,5,7-8,10-11,13,18-20,30H,9,12H2,(H2,24,27,28)(H2,31,32,33)/t18-,19+,20+/m0/s1. The molecule has 1 aliphatic rings. The van der Waals surface area contributed by atoms with Crippen LogP contribution in [0.25, 0.3) is 22.4 Å². The number of ether oxygens (including phenoxy) is 1. The molecule has 0 aliphatic carbocycles. The summed E-state index contributed by atoms with van der Waals surface area (Å²) >= 11 is 0. The second kappa shape index (κ2) is 9.75. The molecule has 0 aromatic carbocycles. The minimum atomic E-state index is -4.70. The molecule has 36 heavy (non-hydrogen) atoms. The molecule has 1 saturated heterocycles. The minimum absolute atomic E-state index is 0.147. The molecule has 0 amide bonds. The fourth-order valence-corrected chi connectivity index (χ4v) is 4.24. The first-order valence-electron chi connectivity index (χ1n) is 10.8. The smallest absolute Gasteiger partial charge is 0.390 e. The number of hydrogen-bond donors (Lipinski definition) is 4. The summed E-state index contributed by atoms with van der Waals surface area (Å²) in [5.41, 5.74) is 9.28. The van der Waals surface area contributed by atoms with Crippen molar-refractivity contribution in [2.45, 2.75) is 24.9 Å². The highest BCUT2D eigenvalue weighted by Crippen LogP contribution is 2.39. The normalized spacial score (nSPS) is 19.8. The van der Waals surface area contributed by atoms with Crippen LogP contribution in [0.3, 0.4) is 0 Å². The number of rotatable bonds is 5. The molecule has 4 aromatic heterocycles. The number of aliphatic hydroxyl groups is 1. The summed E-state index contributed by atoms with van der Waals surface area (Å²) in [4.78, 5) is 35.0. The Kier molecular flexibility index (Phi) is 6.51. The molecule has 0 bridgehead atoms. The predicted molar refractivity (Wildman–Crippen MR) is 128 cm³/mol. The van der Waals surface area contributed by atoms with E-state index in [0.717, 1.165) is 11.4 Å². The molecule has 13 heteroatoms. The molecule has 5 heterocycles. The number of nitrogen functional groups attached to an aromatic ring is 1. The van der Waals surface area contributed by atoms with Crippen molar-refractivity contribution in [3.8, 4) is 23.2 Å². The van der Waals surface area contributed by atoms with Gasteiger partial charge in [-0.2, -0.15) is 0 Å². The van der Waals surface area contributed by atoms with Crippen LogP contribution in [-0.4, -0.2) is 58.2 Å². The number of hydrogen-bond acceptors (Lipinski definition) is 9. The van der Waals surface area contributed by atoms with Crippen molar-refractivity contribution in [1.29, 1.82) is 0 Å². The van der Waals surface area contributed by atoms with E-state index in [1.54, 1.807) is 23.2 Å². The molecular weight excluding hydrogens is 487 g/mol. The molecule has 0 spiro atoms. The monoisotopic (exact) mass is 508 g/mol. The van der Waals surface area contributed by atoms with E-state index in [-0.39, 0.29) is 12.2 Å². The van der Waals surface area contributed by atoms with Crippen molar-refractivity contribution < 1.29 is 28.7 Å². The fraction of sp³-hybridized carbons (Fsp3) is 0.217. The summed E-state index contributed by atoms with van der Waals surface area (Å²) in [6.07, 6.45) is 3.89. The molecule has 1 fully saturated rings. The van der Waals surface area contributed by atoms with E-state index in [2.05, 4.69) is 36.3 Å². The first-order chi connectivity index (χ1) is 17.3. The van der Waals surface area contributed by atoms with Gasteiger partial charge >= 0.3 is 7.82 Å². The average molecular weight is 508 g/mol. The zero-order chi connectivity index (χ0) is 25.3. The Morgan fingerprint density at radius 1 is 1.14 bits per heavy atom. The van der Waals surface area contributed by atoms with E-state index in [9.17, 15) is 9.67 Å². The summed E-state index contributed by atoms with van der Waals surface area (Å²) in [7, 11) is -4.70. The van der Waals surface area contributed by atoms with Crippen LogP contribution in [0, 0.1) is 11.8 Å². The van der Waals surface area contributed by atoms with Gasteiger partial charge in [-0.1, -0.05) is 17.9 Å². The lowest BCUT2D eigenvalue weighted by Gasteiger charge is -2.16. The largest absolute Gasteiger partial charge is 0.469 e. The Balaban J connectivity index is 1.42. The van der Waals surface area contributed by atoms with Crippen molar-refractivity contribution in [2.24, 2.45) is 0 Å². The zero-order valence-electron chi connectivity index (χ0n) is 18.7. The number of anilines is 1. The topological polar surface area (TPSA) is 179 Å². The summed E-state index contributed by atoms with van der Waals surface area (Å²) in [6, 6.07) is 9.27. The molecule has 0 unspecified atom stereocenters. The SMILES string of the molecule is Nc1ncnc2c1c(C#Cc1ccc(-c3ccccn3)nc1)cn2[C@H]1C[C@H](O)[C@@H](COP(=O)(O)O)O1. The van der Waals surface area contributed by atoms with E-state index in [1.807, 2.05) is 30.3 Å². The maximum atomic E-state index is 11.0. The van der Waals surface area contributed by atoms with Gasteiger partial charge in [0.05, 0.1) is 35.0 Å². The number of phosphoric ester groups is 1. The van der Waals surface area contributed by atoms with Gasteiger partial charge in [0, 0.05) is 30.6 Å². The molecule has 12 nitrogen and oxygen atoms in total. The molecule has 5 rings (SSSR count). The van der Waals surface area contributed by atoms with Crippen LogP contribution in [-0.2, 0) is 13.8 Å². The van der Waals surface area contributed by atoms with E-state index in [0.29, 0.717) is 22.2 Å². The Hall–Kier alpha value is -3.69. The highest BCUT2D eigenvalue weighted by molar-refractivity contribution is 7.46. The highest BCUT2D eigenvalue weighted by Gasteiger charge is 2.37. The number of phosphoric acid groups is 1. The number of nitrogens with zero attached hydrogens (tertiary/aromatic N) is 5. The van der Waals surface area contributed by atoms with Gasteiger partial charge < -0.3 is 29.9 Å². The zero-order valence-corrected chi connectivity index (χ0v) is 19.6. The van der Waals surface area contributed by atoms with Crippen molar-refractivity contribution in [2.75, 3.05) is 12.3 Å². The summed E-state index contributed by atoms with van der Waals surface area (Å²) in [5.74, 6) is 6.37. The Morgan fingerprint density at radius 2 is 1.97 bits per heavy atom. The summed E-state index contributed by atoms with van der Waals surface area (Å²) in [6.45, 7) is -0.466. The van der Waals surface area contributed by atoms with E-state index >= 15 is 0 Å². The second-order valence-corrected chi connectivity index (χ2v) is 9.26. The Bertz CT molecular complexity index is 1490. The maximum Gasteiger partial charge on any atom is 0.469 e.